The number of hydrogen-bond donors (Lipinski definition) is 2. The maximum Gasteiger partial charge on any atom is 0.353 e. The maximum absolute atomic E-state index is 14.9. The second-order valence-corrected chi connectivity index (χ2v) is 9.12. The lowest BCUT2D eigenvalue weighted by Gasteiger charge is -2.18. The molecular weight excluding hydrogens is 395 g/mol. The molecule has 0 spiro atoms. The van der Waals surface area contributed by atoms with E-state index < -0.39 is 16.6 Å². The monoisotopic (exact) mass is 418 g/mol. The number of benzene rings is 1. The quantitative estimate of drug-likeness (QED) is 0.730. The maximum atomic E-state index is 14.9. The number of urea groups is 1. The highest BCUT2D eigenvalue weighted by Crippen LogP contribution is 2.45. The van der Waals surface area contributed by atoms with E-state index >= 15 is 0 Å². The number of aryl methyl sites for hydroxylation is 1. The lowest BCUT2D eigenvalue weighted by molar-refractivity contribution is 0.225. The van der Waals surface area contributed by atoms with Crippen LogP contribution in [0.5, 0.6) is 5.88 Å². The number of anilines is 1. The zero-order valence-electron chi connectivity index (χ0n) is 16.2. The van der Waals surface area contributed by atoms with Crippen LogP contribution in [0.25, 0.3) is 0 Å². The number of halogens is 1. The minimum absolute atomic E-state index is 0.0958. The third kappa shape index (κ3) is 3.02. The molecule has 0 saturated heterocycles. The van der Waals surface area contributed by atoms with Crippen molar-refractivity contribution in [2.75, 3.05) is 11.9 Å². The number of carbonyl (C=O) groups excluding carboxylic acids is 1. The summed E-state index contributed by atoms with van der Waals surface area (Å²) in [5.74, 6) is 0.498. The van der Waals surface area contributed by atoms with Gasteiger partial charge in [-0.05, 0) is 60.3 Å². The Labute approximate surface area is 169 Å². The van der Waals surface area contributed by atoms with Crippen LogP contribution in [0.4, 0.5) is 14.9 Å². The molecule has 1 N–H and O–H groups in total. The number of rotatable bonds is 2. The molecule has 2 heterocycles. The number of ether oxygens (including phenoxy) is 1. The van der Waals surface area contributed by atoms with Gasteiger partial charge in [-0.15, -0.1) is 4.36 Å². The zero-order chi connectivity index (χ0) is 20.1. The first-order valence-electron chi connectivity index (χ1n) is 10.1. The van der Waals surface area contributed by atoms with Crippen LogP contribution in [0.2, 0.25) is 0 Å². The smallest absolute Gasteiger partial charge is 0.353 e. The van der Waals surface area contributed by atoms with Crippen LogP contribution in [-0.4, -0.2) is 26.6 Å². The van der Waals surface area contributed by atoms with Gasteiger partial charge in [-0.25, -0.2) is 18.1 Å². The Kier molecular flexibility index (Phi) is 4.57. The van der Waals surface area contributed by atoms with Gasteiger partial charge in [0.05, 0.1) is 23.4 Å². The molecule has 9 heteroatoms. The van der Waals surface area contributed by atoms with Gasteiger partial charge in [0.1, 0.15) is 10.7 Å². The summed E-state index contributed by atoms with van der Waals surface area (Å²) in [5.41, 5.74) is 3.88. The van der Waals surface area contributed by atoms with E-state index in [1.54, 1.807) is 4.68 Å². The summed E-state index contributed by atoms with van der Waals surface area (Å²) in [7, 11) is -2.34. The Morgan fingerprint density at radius 2 is 2.14 bits per heavy atom. The molecule has 2 amide bonds. The van der Waals surface area contributed by atoms with E-state index in [2.05, 4.69) is 21.7 Å². The molecule has 1 aromatic heterocycles. The first-order chi connectivity index (χ1) is 14.0. The van der Waals surface area contributed by atoms with Gasteiger partial charge in [0.15, 0.2) is 0 Å². The average molecular weight is 418 g/mol. The van der Waals surface area contributed by atoms with Crippen molar-refractivity contribution in [3.8, 4) is 5.88 Å². The van der Waals surface area contributed by atoms with Gasteiger partial charge in [0, 0.05) is 18.7 Å². The number of aromatic nitrogens is 2. The van der Waals surface area contributed by atoms with E-state index in [4.69, 9.17) is 4.74 Å². The Balaban J connectivity index is 1.49. The largest absolute Gasteiger partial charge is 0.477 e. The van der Waals surface area contributed by atoms with Crippen LogP contribution in [0.1, 0.15) is 54.4 Å². The highest BCUT2D eigenvalue weighted by Gasteiger charge is 2.33. The molecule has 0 radical (unpaired) electrons. The van der Waals surface area contributed by atoms with Crippen molar-refractivity contribution < 1.29 is 18.1 Å². The van der Waals surface area contributed by atoms with Crippen molar-refractivity contribution in [2.45, 2.75) is 62.8 Å². The van der Waals surface area contributed by atoms with Gasteiger partial charge < -0.3 is 10.1 Å². The van der Waals surface area contributed by atoms with Gasteiger partial charge in [-0.1, -0.05) is 6.92 Å². The molecule has 5 rings (SSSR count). The van der Waals surface area contributed by atoms with Crippen LogP contribution < -0.4 is 10.1 Å². The van der Waals surface area contributed by atoms with Gasteiger partial charge in [0.25, 0.3) is 0 Å². The summed E-state index contributed by atoms with van der Waals surface area (Å²) in [6, 6.07) is -0.677. The predicted molar refractivity (Wildman–Crippen MR) is 107 cm³/mol. The molecule has 1 aliphatic heterocycles. The fourth-order valence-corrected chi connectivity index (χ4v) is 5.58. The number of nitrogens with one attached hydrogen (secondary N) is 1. The summed E-state index contributed by atoms with van der Waals surface area (Å²) in [6.07, 6.45) is 6.13. The van der Waals surface area contributed by atoms with Crippen molar-refractivity contribution in [1.82, 2.24) is 9.78 Å². The predicted octanol–water partition coefficient (Wildman–Crippen LogP) is 3.60. The minimum Gasteiger partial charge on any atom is -0.477 e. The van der Waals surface area contributed by atoms with Gasteiger partial charge in [-0.3, -0.25) is 0 Å². The average Bonchev–Trinajstić information content (AvgIpc) is 3.43. The number of amides is 2. The lowest BCUT2D eigenvalue weighted by Crippen LogP contribution is -2.15. The molecule has 2 aromatic rings. The molecule has 1 unspecified atom stereocenters. The number of fused-ring (bicyclic) bond motifs is 3. The Bertz CT molecular complexity index is 1100. The summed E-state index contributed by atoms with van der Waals surface area (Å²) >= 11 is 0. The van der Waals surface area contributed by atoms with Gasteiger partial charge in [0.2, 0.25) is 5.88 Å². The molecule has 29 heavy (non-hydrogen) atoms. The first kappa shape index (κ1) is 18.6. The fraction of sp³-hybridized carbons (Fsp3) is 0.500. The van der Waals surface area contributed by atoms with E-state index in [9.17, 15) is 13.4 Å². The molecule has 0 saturated carbocycles. The zero-order valence-corrected chi connectivity index (χ0v) is 17.1. The molecule has 3 aliphatic rings. The van der Waals surface area contributed by atoms with Crippen LogP contribution in [-0.2, 0) is 36.4 Å². The molecule has 1 aromatic carbocycles. The second kappa shape index (κ2) is 7.12. The molecule has 7 nitrogen and oxygen atoms in total. The van der Waals surface area contributed by atoms with Crippen LogP contribution in [0.3, 0.4) is 0 Å². The molecule has 0 fully saturated rings. The fourth-order valence-electron chi connectivity index (χ4n) is 4.77. The Hall–Kier alpha value is -2.42. The summed E-state index contributed by atoms with van der Waals surface area (Å²) in [6.45, 7) is 3.27. The van der Waals surface area contributed by atoms with E-state index in [-0.39, 0.29) is 11.7 Å². The van der Waals surface area contributed by atoms with E-state index in [1.165, 1.54) is 6.20 Å². The summed E-state index contributed by atoms with van der Waals surface area (Å²) < 4.78 is 38.6. The molecular formula is C20H23FN4O3S. The van der Waals surface area contributed by atoms with Crippen LogP contribution in [0, 0.1) is 5.82 Å². The normalized spacial score (nSPS) is 20.7. The Morgan fingerprint density at radius 3 is 3.00 bits per heavy atom. The lowest BCUT2D eigenvalue weighted by atomic mass is 9.94. The minimum atomic E-state index is -2.34. The van der Waals surface area contributed by atoms with Crippen molar-refractivity contribution in [3.05, 3.63) is 34.3 Å². The summed E-state index contributed by atoms with van der Waals surface area (Å²) in [5, 5.41) is 7.01. The highest BCUT2D eigenvalue weighted by molar-refractivity contribution is 7.75. The van der Waals surface area contributed by atoms with Crippen LogP contribution in [0.15, 0.2) is 15.5 Å². The van der Waals surface area contributed by atoms with Crippen molar-refractivity contribution >= 4 is 22.3 Å². The highest BCUT2D eigenvalue weighted by atomic mass is 32.2. The summed E-state index contributed by atoms with van der Waals surface area (Å²) in [4.78, 5) is 13.0. The van der Waals surface area contributed by atoms with Gasteiger partial charge in [-0.2, -0.15) is 5.10 Å². The van der Waals surface area contributed by atoms with E-state index in [1.807, 2.05) is 0 Å². The molecule has 154 valence electrons. The number of hydrogen-bond acceptors (Lipinski definition) is 4. The first-order valence-corrected chi connectivity index (χ1v) is 11.3. The molecule has 0 bridgehead atoms. The number of thiol groups is 1. The number of carbonyl (C=O) groups is 1. The van der Waals surface area contributed by atoms with Crippen molar-refractivity contribution in [3.63, 3.8) is 0 Å². The second-order valence-electron chi connectivity index (χ2n) is 7.89. The van der Waals surface area contributed by atoms with Gasteiger partial charge >= 0.3 is 6.03 Å². The van der Waals surface area contributed by atoms with Crippen LogP contribution >= 0.6 is 0 Å². The standard InChI is InChI=1S/C20H23FN4O3S/c1-11-6-7-14-16(11)18(13-5-2-4-12(13)17(14)21)23-20(26)24-29(27)15-10-22-25-8-3-9-28-19(15)25/h10-11,29H,2-9H2,1H3,(H,23,26)/t11-/m0/s1. The third-order valence-corrected chi connectivity index (χ3v) is 7.19. The van der Waals surface area contributed by atoms with Crippen molar-refractivity contribution in [1.29, 1.82) is 0 Å². The Morgan fingerprint density at radius 1 is 1.31 bits per heavy atom. The van der Waals surface area contributed by atoms with E-state index in [0.717, 1.165) is 47.9 Å². The van der Waals surface area contributed by atoms with E-state index in [0.29, 0.717) is 42.5 Å². The molecule has 2 aliphatic carbocycles. The SMILES string of the molecule is C[C@H]1CCc2c(F)c3c(c(NC(=O)N=[SH](=O)c4cnn5c4OCCC5)c21)CCC3. The molecule has 2 atom stereocenters. The third-order valence-electron chi connectivity index (χ3n) is 6.11. The topological polar surface area (TPSA) is 85.6 Å². The number of nitrogens with zero attached hydrogens (tertiary/aromatic N) is 3. The van der Waals surface area contributed by atoms with Crippen molar-refractivity contribution in [2.24, 2.45) is 4.36 Å².